The van der Waals surface area contributed by atoms with Gasteiger partial charge in [-0.15, -0.1) is 0 Å². The fraction of sp³-hybridized carbons (Fsp3) is 0.0909. The molecule has 0 aliphatic carbocycles. The minimum atomic E-state index is -3.66. The predicted molar refractivity (Wildman–Crippen MR) is 69.8 cm³/mol. The largest absolute Gasteiger partial charge is 0.338 e. The summed E-state index contributed by atoms with van der Waals surface area (Å²) in [5.74, 6) is -1.60. The van der Waals surface area contributed by atoms with Gasteiger partial charge in [0, 0.05) is 18.4 Å². The van der Waals surface area contributed by atoms with E-state index < -0.39 is 26.6 Å². The van der Waals surface area contributed by atoms with Gasteiger partial charge >= 0.3 is 0 Å². The minimum absolute atomic E-state index is 0.0177. The van der Waals surface area contributed by atoms with E-state index in [9.17, 15) is 17.2 Å². The Morgan fingerprint density at radius 2 is 1.90 bits per heavy atom. The lowest BCUT2D eigenvalue weighted by Gasteiger charge is -2.08. The van der Waals surface area contributed by atoms with E-state index in [4.69, 9.17) is 11.6 Å². The van der Waals surface area contributed by atoms with Crippen molar-refractivity contribution in [2.24, 2.45) is 0 Å². The fourth-order valence-electron chi connectivity index (χ4n) is 1.36. The maximum absolute atomic E-state index is 13.5. The van der Waals surface area contributed by atoms with E-state index in [1.807, 2.05) is 0 Å². The second-order valence-corrected chi connectivity index (χ2v) is 6.18. The Balaban J connectivity index is 2.41. The number of sulfone groups is 1. The first-order chi connectivity index (χ1) is 9.25. The van der Waals surface area contributed by atoms with Crippen LogP contribution in [0.1, 0.15) is 0 Å². The first kappa shape index (κ1) is 14.6. The summed E-state index contributed by atoms with van der Waals surface area (Å²) in [4.78, 5) is 7.26. The van der Waals surface area contributed by atoms with Crippen LogP contribution in [0, 0.1) is 11.6 Å². The molecule has 0 saturated heterocycles. The molecule has 9 heteroatoms. The molecule has 0 unspecified atom stereocenters. The van der Waals surface area contributed by atoms with Crippen molar-refractivity contribution < 1.29 is 17.2 Å². The summed E-state index contributed by atoms with van der Waals surface area (Å²) in [6, 6.07) is 4.11. The molecule has 0 fully saturated rings. The van der Waals surface area contributed by atoms with Gasteiger partial charge in [-0.05, 0) is 12.1 Å². The Labute approximate surface area is 118 Å². The molecule has 5 nitrogen and oxygen atoms in total. The van der Waals surface area contributed by atoms with Crippen molar-refractivity contribution in [1.29, 1.82) is 0 Å². The van der Waals surface area contributed by atoms with Gasteiger partial charge in [-0.3, -0.25) is 0 Å². The molecule has 0 aliphatic rings. The lowest BCUT2D eigenvalue weighted by molar-refractivity contribution is 0.586. The molecule has 1 aromatic carbocycles. The highest BCUT2D eigenvalue weighted by Gasteiger charge is 2.14. The highest BCUT2D eigenvalue weighted by Crippen LogP contribution is 2.22. The third-order valence-corrected chi connectivity index (χ3v) is 3.24. The van der Waals surface area contributed by atoms with Crippen molar-refractivity contribution in [3.8, 4) is 0 Å². The van der Waals surface area contributed by atoms with Crippen molar-refractivity contribution in [1.82, 2.24) is 9.97 Å². The molecule has 1 aromatic heterocycles. The van der Waals surface area contributed by atoms with Crippen LogP contribution in [-0.4, -0.2) is 24.6 Å². The average Bonchev–Trinajstić information content (AvgIpc) is 2.31. The molecule has 0 amide bonds. The van der Waals surface area contributed by atoms with Crippen LogP contribution in [0.3, 0.4) is 0 Å². The molecule has 2 aromatic rings. The molecular weight excluding hydrogens is 312 g/mol. The lowest BCUT2D eigenvalue weighted by atomic mass is 10.3. The molecule has 0 atom stereocenters. The monoisotopic (exact) mass is 319 g/mol. The average molecular weight is 320 g/mol. The number of hydrogen-bond acceptors (Lipinski definition) is 5. The summed E-state index contributed by atoms with van der Waals surface area (Å²) < 4.78 is 49.0. The topological polar surface area (TPSA) is 72.0 Å². The zero-order valence-corrected chi connectivity index (χ0v) is 11.6. The first-order valence-electron chi connectivity index (χ1n) is 5.22. The summed E-state index contributed by atoms with van der Waals surface area (Å²) in [7, 11) is -3.66. The Morgan fingerprint density at radius 3 is 2.50 bits per heavy atom. The minimum Gasteiger partial charge on any atom is -0.338 e. The molecule has 1 heterocycles. The lowest BCUT2D eigenvalue weighted by Crippen LogP contribution is -2.07. The van der Waals surface area contributed by atoms with Crippen molar-refractivity contribution >= 4 is 32.9 Å². The van der Waals surface area contributed by atoms with Gasteiger partial charge in [0.25, 0.3) is 0 Å². The predicted octanol–water partition coefficient (Wildman–Crippen LogP) is 2.56. The highest BCUT2D eigenvalue weighted by atomic mass is 35.5. The highest BCUT2D eigenvalue weighted by molar-refractivity contribution is 7.90. The molecule has 0 saturated carbocycles. The van der Waals surface area contributed by atoms with E-state index in [-0.39, 0.29) is 16.7 Å². The molecule has 0 radical (unpaired) electrons. The van der Waals surface area contributed by atoms with Crippen LogP contribution in [0.5, 0.6) is 0 Å². The molecular formula is C11H8ClF2N3O2S. The fourth-order valence-corrected chi connectivity index (χ4v) is 2.12. The van der Waals surface area contributed by atoms with Crippen LogP contribution in [0.15, 0.2) is 29.4 Å². The number of nitrogens with one attached hydrogen (secondary N) is 1. The van der Waals surface area contributed by atoms with Crippen LogP contribution < -0.4 is 5.32 Å². The van der Waals surface area contributed by atoms with Crippen molar-refractivity contribution in [2.45, 2.75) is 5.16 Å². The Morgan fingerprint density at radius 1 is 1.20 bits per heavy atom. The van der Waals surface area contributed by atoms with Crippen LogP contribution in [-0.2, 0) is 9.84 Å². The molecule has 20 heavy (non-hydrogen) atoms. The molecule has 106 valence electrons. The second kappa shape index (κ2) is 5.29. The molecule has 0 aliphatic heterocycles. The zero-order chi connectivity index (χ0) is 14.9. The molecule has 0 spiro atoms. The molecule has 1 N–H and O–H groups in total. The van der Waals surface area contributed by atoms with E-state index in [1.165, 1.54) is 6.07 Å². The second-order valence-electron chi connectivity index (χ2n) is 3.88. The molecule has 0 bridgehead atoms. The Hall–Kier alpha value is -1.80. The number of anilines is 2. The van der Waals surface area contributed by atoms with E-state index in [1.54, 1.807) is 0 Å². The van der Waals surface area contributed by atoms with Gasteiger partial charge in [0.05, 0.1) is 5.69 Å². The Bertz CT molecular complexity index is 768. The summed E-state index contributed by atoms with van der Waals surface area (Å²) in [6.45, 7) is 0. The standard InChI is InChI=1S/C11H8ClF2N3O2S/c1-20(18,19)11-16-9(12)5-10(17-11)15-8-3-2-6(13)4-7(8)14/h2-5H,1H3,(H,15,16,17). The molecule has 2 rings (SSSR count). The van der Waals surface area contributed by atoms with E-state index in [0.29, 0.717) is 6.07 Å². The maximum atomic E-state index is 13.5. The maximum Gasteiger partial charge on any atom is 0.250 e. The summed E-state index contributed by atoms with van der Waals surface area (Å²) >= 11 is 5.68. The number of benzene rings is 1. The first-order valence-corrected chi connectivity index (χ1v) is 7.49. The quantitative estimate of drug-likeness (QED) is 0.695. The van der Waals surface area contributed by atoms with Gasteiger partial charge in [-0.25, -0.2) is 27.2 Å². The van der Waals surface area contributed by atoms with Crippen molar-refractivity contribution in [3.63, 3.8) is 0 Å². The van der Waals surface area contributed by atoms with Gasteiger partial charge in [-0.1, -0.05) is 11.6 Å². The number of halogens is 3. The van der Waals surface area contributed by atoms with Crippen LogP contribution in [0.25, 0.3) is 0 Å². The van der Waals surface area contributed by atoms with Crippen molar-refractivity contribution in [2.75, 3.05) is 11.6 Å². The summed E-state index contributed by atoms with van der Waals surface area (Å²) in [5.41, 5.74) is -0.0689. The van der Waals surface area contributed by atoms with Gasteiger partial charge < -0.3 is 5.32 Å². The van der Waals surface area contributed by atoms with E-state index in [2.05, 4.69) is 15.3 Å². The SMILES string of the molecule is CS(=O)(=O)c1nc(Cl)cc(Nc2ccc(F)cc2F)n1. The van der Waals surface area contributed by atoms with Crippen LogP contribution in [0.2, 0.25) is 5.15 Å². The van der Waals surface area contributed by atoms with Gasteiger partial charge in [0.1, 0.15) is 22.6 Å². The normalized spacial score (nSPS) is 11.4. The third-order valence-electron chi connectivity index (χ3n) is 2.20. The van der Waals surface area contributed by atoms with Crippen LogP contribution >= 0.6 is 11.6 Å². The Kier molecular flexibility index (Phi) is 3.87. The summed E-state index contributed by atoms with van der Waals surface area (Å²) in [6.07, 6.45) is 0.918. The van der Waals surface area contributed by atoms with Gasteiger partial charge in [0.2, 0.25) is 15.0 Å². The van der Waals surface area contributed by atoms with E-state index in [0.717, 1.165) is 18.4 Å². The zero-order valence-electron chi connectivity index (χ0n) is 10.1. The van der Waals surface area contributed by atoms with Crippen molar-refractivity contribution in [3.05, 3.63) is 41.1 Å². The number of hydrogen-bond donors (Lipinski definition) is 1. The van der Waals surface area contributed by atoms with E-state index >= 15 is 0 Å². The van der Waals surface area contributed by atoms with Crippen LogP contribution in [0.4, 0.5) is 20.3 Å². The summed E-state index contributed by atoms with van der Waals surface area (Å²) in [5, 5.41) is 1.90. The van der Waals surface area contributed by atoms with Gasteiger partial charge in [-0.2, -0.15) is 0 Å². The smallest absolute Gasteiger partial charge is 0.250 e. The number of aromatic nitrogens is 2. The number of rotatable bonds is 3. The third kappa shape index (κ3) is 3.40. The number of nitrogens with zero attached hydrogens (tertiary/aromatic N) is 2. The van der Waals surface area contributed by atoms with Gasteiger partial charge in [0.15, 0.2) is 0 Å².